The van der Waals surface area contributed by atoms with Crippen molar-refractivity contribution in [3.8, 4) is 46.0 Å². The summed E-state index contributed by atoms with van der Waals surface area (Å²) < 4.78 is 71.2. The average Bonchev–Trinajstić information content (AvgIpc) is 0.763. The zero-order valence-corrected chi connectivity index (χ0v) is 69.4. The Kier molecular flexibility index (Phi) is 23.1. The standard InChI is InChI=1S/C99H106O10P2/c1-65-51-77(52-66(2)93(65)108-98(15,16)79-55-69(5)91(70(6)56-79)106-95(9,10)61-73-39-43-75(44-40-73)63-104-82-48-49-87(101)89(60-82)110(102,83-31-23-19-24-32-83)84-33-25-20-26-34-84)97(13,14)78-53-67(3)94(68(4)54-78)109-99(17,18)80-57-71(7)92(72(8)58-80)107-96(11,12)62-74-41-45-76(46-42-74)64-105-88-50-47-81(100)59-90(88)111(103,85-35-27-21-28-36-85)86-37-29-22-30-38-86/h19-60,100-101H,61-64H2,1-18H3. The fraction of sp³-hybridized carbons (Fsp3) is 0.273. The number of ether oxygens (including phenoxy) is 6. The Hall–Kier alpha value is -10.5. The number of phenolic OH excluding ortho intramolecular Hbond substituents is 2. The third-order valence-electron chi connectivity index (χ3n) is 21.3. The molecule has 0 radical (unpaired) electrons. The Morgan fingerprint density at radius 1 is 0.306 bits per heavy atom. The van der Waals surface area contributed by atoms with E-state index in [1.165, 1.54) is 11.1 Å². The molecule has 0 saturated carbocycles. The van der Waals surface area contributed by atoms with Crippen molar-refractivity contribution < 1.29 is 47.8 Å². The number of aryl methyl sites for hydroxylation is 8. The van der Waals surface area contributed by atoms with Crippen LogP contribution in [0.15, 0.2) is 255 Å². The van der Waals surface area contributed by atoms with E-state index in [9.17, 15) is 10.2 Å². The molecule has 12 heteroatoms. The molecule has 12 rings (SSSR count). The van der Waals surface area contributed by atoms with E-state index in [1.807, 2.05) is 121 Å². The van der Waals surface area contributed by atoms with Gasteiger partial charge in [-0.3, -0.25) is 0 Å². The van der Waals surface area contributed by atoms with Gasteiger partial charge in [0.2, 0.25) is 0 Å². The lowest BCUT2D eigenvalue weighted by Crippen LogP contribution is -2.32. The van der Waals surface area contributed by atoms with Crippen LogP contribution in [0.2, 0.25) is 0 Å². The summed E-state index contributed by atoms with van der Waals surface area (Å²) in [4.78, 5) is 0. The minimum Gasteiger partial charge on any atom is -0.508 e. The first-order chi connectivity index (χ1) is 52.5. The van der Waals surface area contributed by atoms with Gasteiger partial charge in [0.25, 0.3) is 0 Å². The van der Waals surface area contributed by atoms with Gasteiger partial charge in [-0.05, 0) is 260 Å². The summed E-state index contributed by atoms with van der Waals surface area (Å²) in [5.41, 5.74) is 14.3. The summed E-state index contributed by atoms with van der Waals surface area (Å²) in [6.45, 7) is 39.2. The van der Waals surface area contributed by atoms with Crippen LogP contribution in [0.3, 0.4) is 0 Å². The lowest BCUT2D eigenvalue weighted by Gasteiger charge is -2.34. The molecule has 0 aliphatic carbocycles. The topological polar surface area (TPSA) is 130 Å². The normalized spacial score (nSPS) is 12.3. The Morgan fingerprint density at radius 2 is 0.613 bits per heavy atom. The third kappa shape index (κ3) is 17.6. The Balaban J connectivity index is 0.653. The molecule has 0 atom stereocenters. The Labute approximate surface area is 658 Å². The van der Waals surface area contributed by atoms with Gasteiger partial charge in [-0.25, -0.2) is 0 Å². The van der Waals surface area contributed by atoms with Crippen LogP contribution in [-0.4, -0.2) is 21.4 Å². The van der Waals surface area contributed by atoms with Gasteiger partial charge in [0.15, 0.2) is 14.3 Å². The molecule has 12 aromatic carbocycles. The summed E-state index contributed by atoms with van der Waals surface area (Å²) in [6.07, 6.45) is 1.33. The highest BCUT2D eigenvalue weighted by Crippen LogP contribution is 2.49. The second kappa shape index (κ2) is 32.1. The predicted molar refractivity (Wildman–Crippen MR) is 456 cm³/mol. The van der Waals surface area contributed by atoms with Gasteiger partial charge in [0.1, 0.15) is 81.6 Å². The first kappa shape index (κ1) is 80.0. The average molecular weight is 1520 g/mol. The molecular weight excluding hydrogens is 1410 g/mol. The Morgan fingerprint density at radius 3 is 0.964 bits per heavy atom. The molecule has 0 aromatic heterocycles. The van der Waals surface area contributed by atoms with Gasteiger partial charge in [-0.2, -0.15) is 0 Å². The minimum atomic E-state index is -3.42. The molecule has 0 unspecified atom stereocenters. The van der Waals surface area contributed by atoms with Crippen molar-refractivity contribution in [3.63, 3.8) is 0 Å². The molecule has 0 fully saturated rings. The second-order valence-electron chi connectivity index (χ2n) is 32.8. The van der Waals surface area contributed by atoms with Crippen LogP contribution >= 0.6 is 14.3 Å². The van der Waals surface area contributed by atoms with E-state index in [4.69, 9.17) is 28.4 Å². The summed E-state index contributed by atoms with van der Waals surface area (Å²) in [5.74, 6) is 4.41. The predicted octanol–water partition coefficient (Wildman–Crippen LogP) is 21.8. The summed E-state index contributed by atoms with van der Waals surface area (Å²) in [6, 6.07) is 81.9. The van der Waals surface area contributed by atoms with Crippen LogP contribution in [0, 0.1) is 55.4 Å². The second-order valence-corrected chi connectivity index (χ2v) is 38.2. The molecule has 0 heterocycles. The number of phenols is 2. The summed E-state index contributed by atoms with van der Waals surface area (Å²) in [5, 5.41) is 25.3. The van der Waals surface area contributed by atoms with E-state index in [-0.39, 0.29) is 30.1 Å². The molecule has 111 heavy (non-hydrogen) atoms. The lowest BCUT2D eigenvalue weighted by atomic mass is 9.76. The molecule has 12 aromatic rings. The fourth-order valence-corrected chi connectivity index (χ4v) is 20.8. The van der Waals surface area contributed by atoms with E-state index in [0.717, 1.165) is 101 Å². The van der Waals surface area contributed by atoms with Gasteiger partial charge >= 0.3 is 0 Å². The van der Waals surface area contributed by atoms with Crippen LogP contribution in [0.5, 0.6) is 46.0 Å². The van der Waals surface area contributed by atoms with Crippen molar-refractivity contribution in [2.24, 2.45) is 0 Å². The minimum absolute atomic E-state index is 0.0192. The molecule has 0 aliphatic heterocycles. The monoisotopic (exact) mass is 1520 g/mol. The first-order valence-corrected chi connectivity index (χ1v) is 41.7. The van der Waals surface area contributed by atoms with Crippen LogP contribution < -0.4 is 60.2 Å². The van der Waals surface area contributed by atoms with Crippen LogP contribution in [0.4, 0.5) is 0 Å². The zero-order valence-electron chi connectivity index (χ0n) is 67.6. The molecule has 2 N–H and O–H groups in total. The quantitative estimate of drug-likeness (QED) is 0.0457. The van der Waals surface area contributed by atoms with Gasteiger partial charge in [0.05, 0.1) is 10.6 Å². The van der Waals surface area contributed by atoms with Crippen molar-refractivity contribution in [2.45, 2.75) is 179 Å². The van der Waals surface area contributed by atoms with E-state index in [2.05, 4.69) is 222 Å². The lowest BCUT2D eigenvalue weighted by molar-refractivity contribution is 0.102. The molecule has 0 aliphatic rings. The highest BCUT2D eigenvalue weighted by atomic mass is 31.2. The molecule has 0 bridgehead atoms. The van der Waals surface area contributed by atoms with E-state index < -0.39 is 36.7 Å². The summed E-state index contributed by atoms with van der Waals surface area (Å²) >= 11 is 0. The molecule has 10 nitrogen and oxygen atoms in total. The van der Waals surface area contributed by atoms with Crippen molar-refractivity contribution in [3.05, 3.63) is 344 Å². The number of rotatable bonds is 28. The maximum absolute atomic E-state index is 15.3. The Bertz CT molecular complexity index is 5250. The van der Waals surface area contributed by atoms with Gasteiger partial charge in [-0.1, -0.05) is 208 Å². The summed E-state index contributed by atoms with van der Waals surface area (Å²) in [7, 11) is -6.84. The maximum Gasteiger partial charge on any atom is 0.174 e. The molecule has 0 saturated heterocycles. The van der Waals surface area contributed by atoms with Crippen molar-refractivity contribution in [2.75, 3.05) is 0 Å². The van der Waals surface area contributed by atoms with E-state index in [1.54, 1.807) is 36.4 Å². The van der Waals surface area contributed by atoms with Crippen molar-refractivity contribution in [1.29, 1.82) is 0 Å². The van der Waals surface area contributed by atoms with Gasteiger partial charge in [-0.15, -0.1) is 0 Å². The zero-order chi connectivity index (χ0) is 79.6. The maximum atomic E-state index is 15.3. The largest absolute Gasteiger partial charge is 0.508 e. The van der Waals surface area contributed by atoms with Crippen LogP contribution in [-0.2, 0) is 51.8 Å². The van der Waals surface area contributed by atoms with Crippen molar-refractivity contribution >= 4 is 46.1 Å². The number of aromatic hydroxyl groups is 2. The molecule has 572 valence electrons. The number of hydrogen-bond acceptors (Lipinski definition) is 10. The van der Waals surface area contributed by atoms with Gasteiger partial charge < -0.3 is 47.8 Å². The van der Waals surface area contributed by atoms with Crippen molar-refractivity contribution in [1.82, 2.24) is 0 Å². The smallest absolute Gasteiger partial charge is 0.174 e. The highest BCUT2D eigenvalue weighted by Gasteiger charge is 2.37. The van der Waals surface area contributed by atoms with Crippen LogP contribution in [0.25, 0.3) is 0 Å². The first-order valence-electron chi connectivity index (χ1n) is 38.3. The van der Waals surface area contributed by atoms with E-state index in [0.29, 0.717) is 56.2 Å². The highest BCUT2D eigenvalue weighted by molar-refractivity contribution is 7.86. The van der Waals surface area contributed by atoms with Crippen LogP contribution in [0.1, 0.15) is 158 Å². The molecule has 0 spiro atoms. The fourth-order valence-electron chi connectivity index (χ4n) is 15.2. The SMILES string of the molecule is Cc1cc(C(C)(C)Oc2c(C)cc(C(C)(C)c3cc(C)c(OC(C)(C)c4cc(C)c(OC(C)(C)Cc5ccc(COc6ccc(O)cc6P(=O)(c6ccccc6)c6ccccc6)cc5)c(C)c4)c(C)c3)cc2C)cc(C)c1OC(C)(C)Cc1ccc(COc2ccc(O)c(P(=O)(c3ccccc3)c3ccccc3)c2)cc1. The molecular formula is C99H106O10P2. The number of hydrogen-bond donors (Lipinski definition) is 2. The van der Waals surface area contributed by atoms with Gasteiger partial charge in [0, 0.05) is 39.5 Å². The molecule has 0 amide bonds. The number of benzene rings is 12. The van der Waals surface area contributed by atoms with E-state index >= 15 is 9.13 Å². The third-order valence-corrected chi connectivity index (χ3v) is 27.5.